The summed E-state index contributed by atoms with van der Waals surface area (Å²) in [7, 11) is 0. The number of carbonyl (C=O) groups is 1. The monoisotopic (exact) mass is 323 g/mol. The highest BCUT2D eigenvalue weighted by molar-refractivity contribution is 6.08. The van der Waals surface area contributed by atoms with Gasteiger partial charge in [-0.2, -0.15) is 0 Å². The molecule has 2 aromatic heterocycles. The van der Waals surface area contributed by atoms with Gasteiger partial charge in [0.1, 0.15) is 5.65 Å². The molecule has 1 aliphatic heterocycles. The number of allylic oxidation sites excluding steroid dienone is 1. The minimum absolute atomic E-state index is 0.0932. The van der Waals surface area contributed by atoms with E-state index in [4.69, 9.17) is 4.74 Å². The average Bonchev–Trinajstić information content (AvgIpc) is 3.03. The van der Waals surface area contributed by atoms with Crippen LogP contribution in [0.15, 0.2) is 42.2 Å². The fourth-order valence-corrected chi connectivity index (χ4v) is 3.42. The average molecular weight is 323 g/mol. The molecule has 1 aliphatic carbocycles. The van der Waals surface area contributed by atoms with Crippen LogP contribution in [0.2, 0.25) is 0 Å². The SMILES string of the molecule is O=C1C=C(NC2CCCCCC2)O/C1=C\c1c[nH]c2ncccc12. The smallest absolute Gasteiger partial charge is 0.226 e. The number of hydrogen-bond acceptors (Lipinski definition) is 4. The molecular formula is C19H21N3O2. The first kappa shape index (κ1) is 15.0. The van der Waals surface area contributed by atoms with Crippen LogP contribution in [0.1, 0.15) is 44.1 Å². The number of aromatic amines is 1. The Morgan fingerprint density at radius 1 is 1.25 bits per heavy atom. The Morgan fingerprint density at radius 2 is 2.08 bits per heavy atom. The van der Waals surface area contributed by atoms with Gasteiger partial charge in [-0.25, -0.2) is 4.98 Å². The lowest BCUT2D eigenvalue weighted by Gasteiger charge is -2.17. The van der Waals surface area contributed by atoms with Gasteiger partial charge in [0.05, 0.1) is 0 Å². The molecule has 0 radical (unpaired) electrons. The number of nitrogens with zero attached hydrogens (tertiary/aromatic N) is 1. The van der Waals surface area contributed by atoms with Crippen molar-refractivity contribution in [2.24, 2.45) is 0 Å². The van der Waals surface area contributed by atoms with Crippen molar-refractivity contribution < 1.29 is 9.53 Å². The first-order chi connectivity index (χ1) is 11.8. The minimum atomic E-state index is -0.0932. The van der Waals surface area contributed by atoms with E-state index in [0.29, 0.717) is 17.7 Å². The van der Waals surface area contributed by atoms with E-state index >= 15 is 0 Å². The molecule has 5 nitrogen and oxygen atoms in total. The lowest BCUT2D eigenvalue weighted by molar-refractivity contribution is -0.112. The number of ether oxygens (including phenoxy) is 1. The molecule has 0 aromatic carbocycles. The molecule has 0 bridgehead atoms. The summed E-state index contributed by atoms with van der Waals surface area (Å²) in [4.78, 5) is 19.6. The van der Waals surface area contributed by atoms with Gasteiger partial charge >= 0.3 is 0 Å². The highest BCUT2D eigenvalue weighted by Crippen LogP contribution is 2.25. The Hall–Kier alpha value is -2.56. The van der Waals surface area contributed by atoms with Crippen LogP contribution in [-0.4, -0.2) is 21.8 Å². The Labute approximate surface area is 140 Å². The summed E-state index contributed by atoms with van der Waals surface area (Å²) in [5.74, 6) is 0.844. The standard InChI is InChI=1S/C19H21N3O2/c23-16-11-18(22-14-6-3-1-2-4-7-14)24-17(16)10-13-12-21-19-15(13)8-5-9-20-19/h5,8-12,14,22H,1-4,6-7H2,(H,20,21)/b17-10-. The van der Waals surface area contributed by atoms with Crippen LogP contribution in [0, 0.1) is 0 Å². The summed E-state index contributed by atoms with van der Waals surface area (Å²) in [6, 6.07) is 4.26. The predicted octanol–water partition coefficient (Wildman–Crippen LogP) is 3.66. The van der Waals surface area contributed by atoms with Crippen molar-refractivity contribution in [1.29, 1.82) is 0 Å². The van der Waals surface area contributed by atoms with Crippen LogP contribution in [-0.2, 0) is 9.53 Å². The normalized spacial score (nSPS) is 20.9. The second kappa shape index (κ2) is 6.51. The van der Waals surface area contributed by atoms with E-state index in [9.17, 15) is 4.79 Å². The fourth-order valence-electron chi connectivity index (χ4n) is 3.42. The third-order valence-electron chi connectivity index (χ3n) is 4.70. The number of rotatable bonds is 3. The van der Waals surface area contributed by atoms with Crippen LogP contribution in [0.4, 0.5) is 0 Å². The van der Waals surface area contributed by atoms with Gasteiger partial charge in [-0.15, -0.1) is 0 Å². The zero-order valence-corrected chi connectivity index (χ0v) is 13.5. The number of fused-ring (bicyclic) bond motifs is 1. The van der Waals surface area contributed by atoms with Gasteiger partial charge < -0.3 is 15.0 Å². The van der Waals surface area contributed by atoms with Crippen molar-refractivity contribution in [2.45, 2.75) is 44.6 Å². The van der Waals surface area contributed by atoms with E-state index in [1.165, 1.54) is 25.7 Å². The molecule has 124 valence electrons. The summed E-state index contributed by atoms with van der Waals surface area (Å²) in [6.45, 7) is 0. The molecule has 0 saturated heterocycles. The highest BCUT2D eigenvalue weighted by Gasteiger charge is 2.23. The first-order valence-electron chi connectivity index (χ1n) is 8.64. The molecule has 0 spiro atoms. The van der Waals surface area contributed by atoms with Crippen LogP contribution >= 0.6 is 0 Å². The second-order valence-electron chi connectivity index (χ2n) is 6.46. The number of aromatic nitrogens is 2. The molecular weight excluding hydrogens is 302 g/mol. The lowest BCUT2D eigenvalue weighted by atomic mass is 10.1. The van der Waals surface area contributed by atoms with Crippen molar-refractivity contribution in [1.82, 2.24) is 15.3 Å². The van der Waals surface area contributed by atoms with Crippen molar-refractivity contribution in [3.8, 4) is 0 Å². The van der Waals surface area contributed by atoms with Gasteiger partial charge in [0, 0.05) is 35.5 Å². The third-order valence-corrected chi connectivity index (χ3v) is 4.70. The maximum absolute atomic E-state index is 12.2. The van der Waals surface area contributed by atoms with E-state index < -0.39 is 0 Å². The Morgan fingerprint density at radius 3 is 2.92 bits per heavy atom. The molecule has 5 heteroatoms. The van der Waals surface area contributed by atoms with Gasteiger partial charge in [0.15, 0.2) is 11.6 Å². The van der Waals surface area contributed by atoms with Gasteiger partial charge in [-0.05, 0) is 31.1 Å². The molecule has 0 atom stereocenters. The van der Waals surface area contributed by atoms with Gasteiger partial charge in [-0.3, -0.25) is 4.79 Å². The van der Waals surface area contributed by atoms with E-state index in [2.05, 4.69) is 15.3 Å². The van der Waals surface area contributed by atoms with E-state index in [0.717, 1.165) is 29.4 Å². The molecule has 3 heterocycles. The molecule has 2 aromatic rings. The van der Waals surface area contributed by atoms with Crippen LogP contribution in [0.5, 0.6) is 0 Å². The predicted molar refractivity (Wildman–Crippen MR) is 92.9 cm³/mol. The number of H-pyrrole nitrogens is 1. The maximum Gasteiger partial charge on any atom is 0.226 e. The fraction of sp³-hybridized carbons (Fsp3) is 0.368. The van der Waals surface area contributed by atoms with Crippen LogP contribution in [0.25, 0.3) is 17.1 Å². The zero-order chi connectivity index (χ0) is 16.4. The molecule has 0 unspecified atom stereocenters. The molecule has 0 amide bonds. The van der Waals surface area contributed by atoms with Gasteiger partial charge in [0.2, 0.25) is 5.78 Å². The van der Waals surface area contributed by atoms with E-state index in [1.807, 2.05) is 18.3 Å². The van der Waals surface area contributed by atoms with Crippen molar-refractivity contribution >= 4 is 22.9 Å². The summed E-state index contributed by atoms with van der Waals surface area (Å²) < 4.78 is 5.77. The van der Waals surface area contributed by atoms with Crippen LogP contribution in [0.3, 0.4) is 0 Å². The topological polar surface area (TPSA) is 67.0 Å². The summed E-state index contributed by atoms with van der Waals surface area (Å²) in [6.07, 6.45) is 14.3. The Bertz CT molecular complexity index is 811. The van der Waals surface area contributed by atoms with Crippen molar-refractivity contribution in [2.75, 3.05) is 0 Å². The molecule has 2 aliphatic rings. The number of carbonyl (C=O) groups excluding carboxylic acids is 1. The highest BCUT2D eigenvalue weighted by atomic mass is 16.5. The second-order valence-corrected chi connectivity index (χ2v) is 6.46. The van der Waals surface area contributed by atoms with Crippen molar-refractivity contribution in [3.05, 3.63) is 47.8 Å². The van der Waals surface area contributed by atoms with Gasteiger partial charge in [-0.1, -0.05) is 25.7 Å². The Balaban J connectivity index is 1.49. The lowest BCUT2D eigenvalue weighted by Crippen LogP contribution is -2.27. The molecule has 1 saturated carbocycles. The molecule has 1 fully saturated rings. The number of pyridine rings is 1. The van der Waals surface area contributed by atoms with E-state index in [-0.39, 0.29) is 5.78 Å². The molecule has 2 N–H and O–H groups in total. The summed E-state index contributed by atoms with van der Waals surface area (Å²) in [5, 5.41) is 4.37. The summed E-state index contributed by atoms with van der Waals surface area (Å²) in [5.41, 5.74) is 1.71. The summed E-state index contributed by atoms with van der Waals surface area (Å²) >= 11 is 0. The van der Waals surface area contributed by atoms with Crippen LogP contribution < -0.4 is 5.32 Å². The number of hydrogen-bond donors (Lipinski definition) is 2. The zero-order valence-electron chi connectivity index (χ0n) is 13.5. The third kappa shape index (κ3) is 3.07. The molecule has 4 rings (SSSR count). The maximum atomic E-state index is 12.2. The Kier molecular flexibility index (Phi) is 4.07. The van der Waals surface area contributed by atoms with Gasteiger partial charge in [0.25, 0.3) is 0 Å². The quantitative estimate of drug-likeness (QED) is 0.668. The minimum Gasteiger partial charge on any atom is -0.437 e. The van der Waals surface area contributed by atoms with Crippen molar-refractivity contribution in [3.63, 3.8) is 0 Å². The largest absolute Gasteiger partial charge is 0.437 e. The molecule has 24 heavy (non-hydrogen) atoms. The van der Waals surface area contributed by atoms with E-state index in [1.54, 1.807) is 18.3 Å². The number of ketones is 1. The first-order valence-corrected chi connectivity index (χ1v) is 8.64. The number of nitrogens with one attached hydrogen (secondary N) is 2.